The lowest BCUT2D eigenvalue weighted by molar-refractivity contribution is -0.130. The van der Waals surface area contributed by atoms with Crippen LogP contribution in [0.2, 0.25) is 0 Å². The molecule has 0 bridgehead atoms. The monoisotopic (exact) mass is 432 g/mol. The zero-order valence-electron chi connectivity index (χ0n) is 18.6. The number of fused-ring (bicyclic) bond motifs is 3. The standard InChI is InChI=1S/C25H28N4O3/c1-16-19-6-3-4-8-21(19)32-22(16)15-28(2)23(30)10-9-17-12-18-14-29-11-5-7-20(29)25(31)27-24(18)26-13-17/h3-4,6,8,12-13,20H,5,7,9-11,14-15H2,1-2H3,(H,26,27,31)/t20-/m0/s1. The number of benzene rings is 1. The maximum absolute atomic E-state index is 12.8. The number of rotatable bonds is 5. The largest absolute Gasteiger partial charge is 0.459 e. The van der Waals surface area contributed by atoms with Crippen LogP contribution in [-0.4, -0.2) is 46.2 Å². The Hall–Kier alpha value is -3.19. The Morgan fingerprint density at radius 2 is 2.19 bits per heavy atom. The average molecular weight is 433 g/mol. The summed E-state index contributed by atoms with van der Waals surface area (Å²) in [4.78, 5) is 33.6. The summed E-state index contributed by atoms with van der Waals surface area (Å²) >= 11 is 0. The van der Waals surface area contributed by atoms with Crippen LogP contribution in [0.25, 0.3) is 11.0 Å². The van der Waals surface area contributed by atoms with Gasteiger partial charge in [-0.25, -0.2) is 4.98 Å². The predicted molar refractivity (Wildman–Crippen MR) is 122 cm³/mol. The molecule has 4 heterocycles. The number of aryl methyl sites for hydroxylation is 2. The minimum absolute atomic E-state index is 0.0409. The molecular weight excluding hydrogens is 404 g/mol. The van der Waals surface area contributed by atoms with E-state index in [1.54, 1.807) is 11.1 Å². The normalized spacial score (nSPS) is 18.2. The predicted octanol–water partition coefficient (Wildman–Crippen LogP) is 3.64. The van der Waals surface area contributed by atoms with Crippen LogP contribution in [0.15, 0.2) is 40.9 Å². The highest BCUT2D eigenvalue weighted by atomic mass is 16.3. The Kier molecular flexibility index (Phi) is 5.43. The van der Waals surface area contributed by atoms with Gasteiger partial charge in [0.05, 0.1) is 12.6 Å². The Balaban J connectivity index is 1.23. The third-order valence-corrected chi connectivity index (χ3v) is 6.68. The fourth-order valence-electron chi connectivity index (χ4n) is 4.78. The van der Waals surface area contributed by atoms with Gasteiger partial charge in [0.2, 0.25) is 11.8 Å². The average Bonchev–Trinajstić information content (AvgIpc) is 3.35. The second kappa shape index (κ2) is 8.39. The molecule has 5 rings (SSSR count). The van der Waals surface area contributed by atoms with Gasteiger partial charge in [-0.2, -0.15) is 0 Å². The van der Waals surface area contributed by atoms with Crippen LogP contribution in [0.3, 0.4) is 0 Å². The summed E-state index contributed by atoms with van der Waals surface area (Å²) in [5.74, 6) is 1.58. The van der Waals surface area contributed by atoms with Crippen molar-refractivity contribution in [3.8, 4) is 0 Å². The van der Waals surface area contributed by atoms with Gasteiger partial charge in [-0.15, -0.1) is 0 Å². The van der Waals surface area contributed by atoms with E-state index in [4.69, 9.17) is 4.42 Å². The topological polar surface area (TPSA) is 78.7 Å². The summed E-state index contributed by atoms with van der Waals surface area (Å²) in [5, 5.41) is 4.06. The van der Waals surface area contributed by atoms with Gasteiger partial charge >= 0.3 is 0 Å². The van der Waals surface area contributed by atoms with Crippen molar-refractivity contribution in [2.75, 3.05) is 18.9 Å². The Labute approximate surface area is 187 Å². The van der Waals surface area contributed by atoms with Gasteiger partial charge in [0.15, 0.2) is 0 Å². The molecule has 7 nitrogen and oxygen atoms in total. The Morgan fingerprint density at radius 3 is 3.03 bits per heavy atom. The van der Waals surface area contributed by atoms with Crippen molar-refractivity contribution in [3.05, 3.63) is 59.0 Å². The van der Waals surface area contributed by atoms with Gasteiger partial charge in [0, 0.05) is 42.7 Å². The van der Waals surface area contributed by atoms with Crippen LogP contribution in [0, 0.1) is 6.92 Å². The molecule has 166 valence electrons. The van der Waals surface area contributed by atoms with E-state index >= 15 is 0 Å². The van der Waals surface area contributed by atoms with Crippen molar-refractivity contribution in [1.82, 2.24) is 14.8 Å². The van der Waals surface area contributed by atoms with Gasteiger partial charge in [-0.3, -0.25) is 14.5 Å². The van der Waals surface area contributed by atoms with Gasteiger partial charge < -0.3 is 14.6 Å². The van der Waals surface area contributed by atoms with E-state index in [2.05, 4.69) is 21.3 Å². The van der Waals surface area contributed by atoms with Crippen molar-refractivity contribution >= 4 is 28.6 Å². The first kappa shape index (κ1) is 20.7. The van der Waals surface area contributed by atoms with E-state index in [-0.39, 0.29) is 17.9 Å². The van der Waals surface area contributed by atoms with Crippen molar-refractivity contribution in [2.45, 2.75) is 51.7 Å². The molecular formula is C25H28N4O3. The van der Waals surface area contributed by atoms with Crippen LogP contribution >= 0.6 is 0 Å². The van der Waals surface area contributed by atoms with Gasteiger partial charge in [0.1, 0.15) is 17.2 Å². The van der Waals surface area contributed by atoms with Gasteiger partial charge in [-0.1, -0.05) is 18.2 Å². The molecule has 1 atom stereocenters. The quantitative estimate of drug-likeness (QED) is 0.666. The molecule has 3 aromatic rings. The summed E-state index contributed by atoms with van der Waals surface area (Å²) < 4.78 is 5.96. The molecule has 0 spiro atoms. The molecule has 7 heteroatoms. The van der Waals surface area contributed by atoms with Crippen molar-refractivity contribution in [2.24, 2.45) is 0 Å². The van der Waals surface area contributed by atoms with Crippen LogP contribution in [0.4, 0.5) is 5.82 Å². The van der Waals surface area contributed by atoms with Gasteiger partial charge in [0.25, 0.3) is 0 Å². The molecule has 2 aliphatic rings. The first-order valence-corrected chi connectivity index (χ1v) is 11.2. The molecule has 32 heavy (non-hydrogen) atoms. The molecule has 0 aliphatic carbocycles. The third kappa shape index (κ3) is 3.88. The fourth-order valence-corrected chi connectivity index (χ4v) is 4.78. The molecule has 0 unspecified atom stereocenters. The van der Waals surface area contributed by atoms with Crippen LogP contribution in [0.5, 0.6) is 0 Å². The number of anilines is 1. The zero-order chi connectivity index (χ0) is 22.2. The molecule has 1 aromatic carbocycles. The SMILES string of the molecule is Cc1c(CN(C)C(=O)CCc2cnc3c(c2)CN2CCC[C@H]2C(=O)N3)oc2ccccc12. The molecule has 1 fully saturated rings. The molecule has 1 N–H and O–H groups in total. The molecule has 0 radical (unpaired) electrons. The van der Waals surface area contributed by atoms with E-state index in [1.807, 2.05) is 38.2 Å². The third-order valence-electron chi connectivity index (χ3n) is 6.68. The molecule has 2 aliphatic heterocycles. The number of furan rings is 1. The number of aromatic nitrogens is 1. The second-order valence-corrected chi connectivity index (χ2v) is 8.87. The molecule has 2 aromatic heterocycles. The van der Waals surface area contributed by atoms with Crippen LogP contribution in [-0.2, 0) is 29.1 Å². The summed E-state index contributed by atoms with van der Waals surface area (Å²) in [5.41, 5.74) is 3.97. The van der Waals surface area contributed by atoms with E-state index in [0.717, 1.165) is 59.4 Å². The summed E-state index contributed by atoms with van der Waals surface area (Å²) in [6.45, 7) is 4.14. The minimum atomic E-state index is -0.0513. The highest BCUT2D eigenvalue weighted by Crippen LogP contribution is 2.28. The molecule has 1 saturated heterocycles. The number of hydrogen-bond acceptors (Lipinski definition) is 5. The van der Waals surface area contributed by atoms with Crippen molar-refractivity contribution < 1.29 is 14.0 Å². The number of nitrogens with zero attached hydrogens (tertiary/aromatic N) is 3. The zero-order valence-corrected chi connectivity index (χ0v) is 18.6. The first-order chi connectivity index (χ1) is 15.5. The summed E-state index contributed by atoms with van der Waals surface area (Å²) in [6, 6.07) is 9.97. The lowest BCUT2D eigenvalue weighted by Gasteiger charge is -2.19. The lowest BCUT2D eigenvalue weighted by atomic mass is 10.1. The lowest BCUT2D eigenvalue weighted by Crippen LogP contribution is -2.36. The Morgan fingerprint density at radius 1 is 1.34 bits per heavy atom. The number of hydrogen-bond donors (Lipinski definition) is 1. The smallest absolute Gasteiger partial charge is 0.242 e. The summed E-state index contributed by atoms with van der Waals surface area (Å²) in [6.07, 6.45) is 4.73. The van der Waals surface area contributed by atoms with E-state index < -0.39 is 0 Å². The fraction of sp³-hybridized carbons (Fsp3) is 0.400. The number of para-hydroxylation sites is 1. The molecule has 0 saturated carbocycles. The summed E-state index contributed by atoms with van der Waals surface area (Å²) in [7, 11) is 1.81. The number of amides is 2. The highest BCUT2D eigenvalue weighted by molar-refractivity contribution is 5.95. The number of carbonyl (C=O) groups is 2. The number of carbonyl (C=O) groups excluding carboxylic acids is 2. The number of nitrogens with one attached hydrogen (secondary N) is 1. The molecule has 2 amide bonds. The Bertz CT molecular complexity index is 1190. The van der Waals surface area contributed by atoms with Crippen LogP contribution in [0.1, 0.15) is 41.7 Å². The van der Waals surface area contributed by atoms with Gasteiger partial charge in [-0.05, 0) is 50.4 Å². The maximum atomic E-state index is 12.8. The van der Waals surface area contributed by atoms with Crippen molar-refractivity contribution in [1.29, 1.82) is 0 Å². The highest BCUT2D eigenvalue weighted by Gasteiger charge is 2.34. The maximum Gasteiger partial charge on any atom is 0.242 e. The van der Waals surface area contributed by atoms with E-state index in [9.17, 15) is 9.59 Å². The second-order valence-electron chi connectivity index (χ2n) is 8.87. The van der Waals surface area contributed by atoms with Crippen molar-refractivity contribution in [3.63, 3.8) is 0 Å². The first-order valence-electron chi connectivity index (χ1n) is 11.2. The van der Waals surface area contributed by atoms with E-state index in [0.29, 0.717) is 25.2 Å². The minimum Gasteiger partial charge on any atom is -0.459 e. The number of pyridine rings is 1. The van der Waals surface area contributed by atoms with Crippen LogP contribution < -0.4 is 5.32 Å². The van der Waals surface area contributed by atoms with E-state index in [1.165, 1.54) is 0 Å².